The van der Waals surface area contributed by atoms with Crippen molar-refractivity contribution in [3.05, 3.63) is 24.3 Å². The lowest BCUT2D eigenvalue weighted by molar-refractivity contribution is 0.297. The van der Waals surface area contributed by atoms with Crippen LogP contribution < -0.4 is 15.2 Å². The smallest absolute Gasteiger partial charge is 0.244 e. The zero-order valence-corrected chi connectivity index (χ0v) is 12.8. The molecule has 0 saturated carbocycles. The Morgan fingerprint density at radius 1 is 1.20 bits per heavy atom. The van der Waals surface area contributed by atoms with Gasteiger partial charge in [0, 0.05) is 13.1 Å². The number of nitrogens with two attached hydrogens (primary N) is 1. The van der Waals surface area contributed by atoms with E-state index in [9.17, 15) is 8.42 Å². The number of hydrogen-bond donors (Lipinski definition) is 2. The van der Waals surface area contributed by atoms with Crippen LogP contribution in [0.15, 0.2) is 29.2 Å². The van der Waals surface area contributed by atoms with E-state index in [1.54, 1.807) is 24.3 Å². The average Bonchev–Trinajstić information content (AvgIpc) is 2.45. The van der Waals surface area contributed by atoms with Crippen molar-refractivity contribution in [1.82, 2.24) is 4.72 Å². The quantitative estimate of drug-likeness (QED) is 0.646. The standard InChI is InChI=1S/C14H24N2O3S/c1-2-3-4-7-12-19-13-8-5-6-9-14(13)20(17,18)16-11-10-15/h5-6,8-9,16H,2-4,7,10-12,15H2,1H3. The summed E-state index contributed by atoms with van der Waals surface area (Å²) in [6, 6.07) is 6.67. The van der Waals surface area contributed by atoms with E-state index in [0.717, 1.165) is 19.3 Å². The van der Waals surface area contributed by atoms with Crippen LogP contribution in [-0.4, -0.2) is 28.1 Å². The van der Waals surface area contributed by atoms with E-state index in [-0.39, 0.29) is 18.0 Å². The minimum atomic E-state index is -3.56. The monoisotopic (exact) mass is 300 g/mol. The largest absolute Gasteiger partial charge is 0.492 e. The first kappa shape index (κ1) is 16.9. The highest BCUT2D eigenvalue weighted by Crippen LogP contribution is 2.23. The van der Waals surface area contributed by atoms with E-state index in [1.165, 1.54) is 6.42 Å². The van der Waals surface area contributed by atoms with Crippen molar-refractivity contribution < 1.29 is 13.2 Å². The molecule has 1 aromatic carbocycles. The molecule has 5 nitrogen and oxygen atoms in total. The molecule has 0 saturated heterocycles. The van der Waals surface area contributed by atoms with Gasteiger partial charge in [0.15, 0.2) is 0 Å². The number of unbranched alkanes of at least 4 members (excludes halogenated alkanes) is 3. The number of sulfonamides is 1. The highest BCUT2D eigenvalue weighted by molar-refractivity contribution is 7.89. The molecular formula is C14H24N2O3S. The molecule has 114 valence electrons. The first-order chi connectivity index (χ1) is 9.61. The molecule has 3 N–H and O–H groups in total. The van der Waals surface area contributed by atoms with Gasteiger partial charge in [-0.15, -0.1) is 0 Å². The van der Waals surface area contributed by atoms with E-state index in [1.807, 2.05) is 0 Å². The third kappa shape index (κ3) is 5.48. The van der Waals surface area contributed by atoms with Crippen molar-refractivity contribution in [1.29, 1.82) is 0 Å². The molecule has 1 rings (SSSR count). The Balaban J connectivity index is 2.68. The molecule has 0 bridgehead atoms. The Morgan fingerprint density at radius 2 is 1.95 bits per heavy atom. The van der Waals surface area contributed by atoms with Crippen LogP contribution in [-0.2, 0) is 10.0 Å². The lowest BCUT2D eigenvalue weighted by Crippen LogP contribution is -2.29. The van der Waals surface area contributed by atoms with Crippen LogP contribution >= 0.6 is 0 Å². The minimum Gasteiger partial charge on any atom is -0.492 e. The van der Waals surface area contributed by atoms with Crippen molar-refractivity contribution in [3.8, 4) is 5.75 Å². The summed E-state index contributed by atoms with van der Waals surface area (Å²) in [7, 11) is -3.56. The number of hydrogen-bond acceptors (Lipinski definition) is 4. The maximum atomic E-state index is 12.1. The third-order valence-electron chi connectivity index (χ3n) is 2.83. The van der Waals surface area contributed by atoms with Gasteiger partial charge < -0.3 is 10.5 Å². The molecule has 1 aromatic rings. The van der Waals surface area contributed by atoms with E-state index in [2.05, 4.69) is 11.6 Å². The second kappa shape index (κ2) is 8.94. The second-order valence-corrected chi connectivity index (χ2v) is 6.28. The van der Waals surface area contributed by atoms with Gasteiger partial charge in [0.1, 0.15) is 10.6 Å². The van der Waals surface area contributed by atoms with Crippen LogP contribution in [0.3, 0.4) is 0 Å². The molecule has 0 fully saturated rings. The third-order valence-corrected chi connectivity index (χ3v) is 4.33. The summed E-state index contributed by atoms with van der Waals surface area (Å²) in [4.78, 5) is 0.170. The van der Waals surface area contributed by atoms with Crippen LogP contribution in [0, 0.1) is 0 Å². The zero-order chi connectivity index (χ0) is 14.8. The lowest BCUT2D eigenvalue weighted by atomic mass is 10.2. The highest BCUT2D eigenvalue weighted by atomic mass is 32.2. The van der Waals surface area contributed by atoms with E-state index >= 15 is 0 Å². The molecule has 0 unspecified atom stereocenters. The normalized spacial score (nSPS) is 11.5. The van der Waals surface area contributed by atoms with Crippen LogP contribution in [0.25, 0.3) is 0 Å². The van der Waals surface area contributed by atoms with Crippen molar-refractivity contribution in [3.63, 3.8) is 0 Å². The molecule has 0 heterocycles. The van der Waals surface area contributed by atoms with Gasteiger partial charge in [0.2, 0.25) is 10.0 Å². The Hall–Kier alpha value is -1.11. The topological polar surface area (TPSA) is 81.4 Å². The lowest BCUT2D eigenvalue weighted by Gasteiger charge is -2.12. The fourth-order valence-electron chi connectivity index (χ4n) is 1.77. The fourth-order valence-corrected chi connectivity index (χ4v) is 2.97. The molecule has 0 aliphatic rings. The molecule has 0 spiro atoms. The number of nitrogens with one attached hydrogen (secondary N) is 1. The predicted octanol–water partition coefficient (Wildman–Crippen LogP) is 1.88. The van der Waals surface area contributed by atoms with E-state index < -0.39 is 10.0 Å². The van der Waals surface area contributed by atoms with Crippen LogP contribution in [0.5, 0.6) is 5.75 Å². The molecule has 0 amide bonds. The molecule has 20 heavy (non-hydrogen) atoms. The number of ether oxygens (including phenoxy) is 1. The van der Waals surface area contributed by atoms with Crippen molar-refractivity contribution >= 4 is 10.0 Å². The predicted molar refractivity (Wildman–Crippen MR) is 80.3 cm³/mol. The Bertz CT molecular complexity index is 489. The van der Waals surface area contributed by atoms with Crippen LogP contribution in [0.2, 0.25) is 0 Å². The Labute approximate surface area is 121 Å². The van der Waals surface area contributed by atoms with Gasteiger partial charge in [-0.2, -0.15) is 0 Å². The van der Waals surface area contributed by atoms with Crippen molar-refractivity contribution in [2.75, 3.05) is 19.7 Å². The van der Waals surface area contributed by atoms with Gasteiger partial charge in [0.05, 0.1) is 6.61 Å². The summed E-state index contributed by atoms with van der Waals surface area (Å²) in [6.07, 6.45) is 4.35. The van der Waals surface area contributed by atoms with Crippen LogP contribution in [0.4, 0.5) is 0 Å². The first-order valence-electron chi connectivity index (χ1n) is 7.03. The van der Waals surface area contributed by atoms with Crippen molar-refractivity contribution in [2.45, 2.75) is 37.5 Å². The fraction of sp³-hybridized carbons (Fsp3) is 0.571. The average molecular weight is 300 g/mol. The molecule has 0 aliphatic heterocycles. The number of benzene rings is 1. The molecule has 6 heteroatoms. The summed E-state index contributed by atoms with van der Waals surface area (Å²) in [5, 5.41) is 0. The molecular weight excluding hydrogens is 276 g/mol. The van der Waals surface area contributed by atoms with E-state index in [4.69, 9.17) is 10.5 Å². The summed E-state index contributed by atoms with van der Waals surface area (Å²) >= 11 is 0. The summed E-state index contributed by atoms with van der Waals surface area (Å²) < 4.78 is 32.2. The Morgan fingerprint density at radius 3 is 2.65 bits per heavy atom. The summed E-state index contributed by atoms with van der Waals surface area (Å²) in [5.41, 5.74) is 5.32. The maximum absolute atomic E-state index is 12.1. The zero-order valence-electron chi connectivity index (χ0n) is 12.0. The Kier molecular flexibility index (Phi) is 7.58. The number of rotatable bonds is 10. The van der Waals surface area contributed by atoms with Gasteiger partial charge >= 0.3 is 0 Å². The minimum absolute atomic E-state index is 0.170. The van der Waals surface area contributed by atoms with Crippen LogP contribution in [0.1, 0.15) is 32.6 Å². The second-order valence-electron chi connectivity index (χ2n) is 4.54. The first-order valence-corrected chi connectivity index (χ1v) is 8.51. The molecule has 0 atom stereocenters. The molecule has 0 radical (unpaired) electrons. The van der Waals surface area contributed by atoms with Gasteiger partial charge in [-0.3, -0.25) is 0 Å². The summed E-state index contributed by atoms with van der Waals surface area (Å²) in [5.74, 6) is 0.397. The van der Waals surface area contributed by atoms with E-state index in [0.29, 0.717) is 12.4 Å². The van der Waals surface area contributed by atoms with Gasteiger partial charge in [-0.1, -0.05) is 38.3 Å². The molecule has 0 aliphatic carbocycles. The highest BCUT2D eigenvalue weighted by Gasteiger charge is 2.18. The number of para-hydroxylation sites is 1. The summed E-state index contributed by atoms with van der Waals surface area (Å²) in [6.45, 7) is 3.15. The molecule has 0 aromatic heterocycles. The van der Waals surface area contributed by atoms with Gasteiger partial charge in [0.25, 0.3) is 0 Å². The van der Waals surface area contributed by atoms with Gasteiger partial charge in [-0.05, 0) is 18.6 Å². The maximum Gasteiger partial charge on any atom is 0.244 e. The van der Waals surface area contributed by atoms with Gasteiger partial charge in [-0.25, -0.2) is 13.1 Å². The van der Waals surface area contributed by atoms with Crippen molar-refractivity contribution in [2.24, 2.45) is 5.73 Å². The SMILES string of the molecule is CCCCCCOc1ccccc1S(=O)(=O)NCCN.